The van der Waals surface area contributed by atoms with Crippen LogP contribution in [0.1, 0.15) is 73.4 Å². The van der Waals surface area contributed by atoms with Crippen LogP contribution in [-0.4, -0.2) is 22.3 Å². The molecule has 0 saturated heterocycles. The van der Waals surface area contributed by atoms with Gasteiger partial charge in [0.15, 0.2) is 0 Å². The lowest BCUT2D eigenvalue weighted by Gasteiger charge is -2.34. The molecule has 1 unspecified atom stereocenters. The molecule has 35 heavy (non-hydrogen) atoms. The molecule has 0 spiro atoms. The van der Waals surface area contributed by atoms with Crippen molar-refractivity contribution in [3.63, 3.8) is 0 Å². The maximum absolute atomic E-state index is 11.0. The van der Waals surface area contributed by atoms with E-state index in [4.69, 9.17) is 5.11 Å². The molecule has 3 aromatic carbocycles. The summed E-state index contributed by atoms with van der Waals surface area (Å²) in [5, 5.41) is 18.9. The topological polar surface area (TPSA) is 57.5 Å². The zero-order chi connectivity index (χ0) is 25.6. The lowest BCUT2D eigenvalue weighted by molar-refractivity contribution is -0.136. The number of hydrogen-bond donors (Lipinski definition) is 2. The minimum Gasteiger partial charge on any atom is -0.481 e. The predicted molar refractivity (Wildman–Crippen MR) is 146 cm³/mol. The zero-order valence-corrected chi connectivity index (χ0v) is 21.6. The molecular formula is C32H38O3. The average molecular weight is 471 g/mol. The van der Waals surface area contributed by atoms with Crippen molar-refractivity contribution in [1.29, 1.82) is 0 Å². The Hall–Kier alpha value is -3.17. The van der Waals surface area contributed by atoms with E-state index in [-0.39, 0.29) is 11.8 Å². The van der Waals surface area contributed by atoms with Crippen LogP contribution in [-0.2, 0) is 16.6 Å². The Balaban J connectivity index is 1.96. The Morgan fingerprint density at radius 3 is 2.00 bits per heavy atom. The highest BCUT2D eigenvalue weighted by Gasteiger charge is 2.31. The lowest BCUT2D eigenvalue weighted by atomic mass is 9.69. The number of aliphatic hydroxyl groups is 1. The van der Waals surface area contributed by atoms with Crippen LogP contribution in [0, 0.1) is 13.8 Å². The number of rotatable bonds is 10. The molecule has 0 bridgehead atoms. The third-order valence-corrected chi connectivity index (χ3v) is 7.34. The quantitative estimate of drug-likeness (QED) is 0.323. The highest BCUT2D eigenvalue weighted by molar-refractivity contribution is 5.72. The molecule has 0 fully saturated rings. The third-order valence-electron chi connectivity index (χ3n) is 7.34. The average Bonchev–Trinajstić information content (AvgIpc) is 2.85. The van der Waals surface area contributed by atoms with Crippen LogP contribution in [0.3, 0.4) is 0 Å². The Morgan fingerprint density at radius 1 is 0.886 bits per heavy atom. The molecule has 3 nitrogen and oxygen atoms in total. The molecule has 0 saturated carbocycles. The maximum atomic E-state index is 11.0. The van der Waals surface area contributed by atoms with Crippen molar-refractivity contribution in [2.75, 3.05) is 0 Å². The van der Waals surface area contributed by atoms with Crippen LogP contribution in [0.5, 0.6) is 0 Å². The molecule has 3 aromatic rings. The van der Waals surface area contributed by atoms with Gasteiger partial charge in [0, 0.05) is 5.41 Å². The fraction of sp³-hybridized carbons (Fsp3) is 0.344. The zero-order valence-electron chi connectivity index (χ0n) is 21.6. The first kappa shape index (κ1) is 26.4. The molecule has 0 heterocycles. The number of carbonyl (C=O) groups is 1. The summed E-state index contributed by atoms with van der Waals surface area (Å²) in [5.74, 6) is -0.813. The van der Waals surface area contributed by atoms with Gasteiger partial charge in [0.05, 0.1) is 12.5 Å². The second-order valence-corrected chi connectivity index (χ2v) is 9.49. The summed E-state index contributed by atoms with van der Waals surface area (Å²) in [5.41, 5.74) is 9.20. The molecule has 3 rings (SSSR count). The summed E-state index contributed by atoms with van der Waals surface area (Å²) in [7, 11) is 0. The fourth-order valence-corrected chi connectivity index (χ4v) is 5.01. The predicted octanol–water partition coefficient (Wildman–Crippen LogP) is 7.49. The van der Waals surface area contributed by atoms with Crippen LogP contribution in [0.4, 0.5) is 0 Å². The number of aliphatic hydroxyl groups excluding tert-OH is 1. The number of carboxylic acids is 1. The molecule has 1 atom stereocenters. The van der Waals surface area contributed by atoms with Gasteiger partial charge in [0.1, 0.15) is 0 Å². The van der Waals surface area contributed by atoms with E-state index in [2.05, 4.69) is 64.1 Å². The van der Waals surface area contributed by atoms with E-state index >= 15 is 0 Å². The number of carboxylic acid groups (broad SMARTS) is 1. The molecule has 0 aliphatic heterocycles. The molecule has 0 aromatic heterocycles. The molecule has 184 valence electrons. The van der Waals surface area contributed by atoms with Gasteiger partial charge in [-0.05, 0) is 77.6 Å². The Labute approximate surface area is 210 Å². The van der Waals surface area contributed by atoms with Crippen molar-refractivity contribution >= 4 is 12.0 Å². The summed E-state index contributed by atoms with van der Waals surface area (Å²) in [4.78, 5) is 11.0. The number of hydrogen-bond acceptors (Lipinski definition) is 2. The van der Waals surface area contributed by atoms with Gasteiger partial charge < -0.3 is 10.2 Å². The molecule has 3 heteroatoms. The first-order chi connectivity index (χ1) is 16.7. The highest BCUT2D eigenvalue weighted by atomic mass is 16.4. The first-order valence-corrected chi connectivity index (χ1v) is 12.6. The smallest absolute Gasteiger partial charge is 0.307 e. The normalized spacial score (nSPS) is 12.7. The SMILES string of the molecule is CCC(O)/C=C/c1ccc(C(CC)(CC)c2ccc(-c3ccc(CC(=O)O)cc3)c(C)c2)cc1C. The molecular weight excluding hydrogens is 432 g/mol. The van der Waals surface area contributed by atoms with Crippen LogP contribution >= 0.6 is 0 Å². The maximum Gasteiger partial charge on any atom is 0.307 e. The second kappa shape index (κ2) is 11.5. The van der Waals surface area contributed by atoms with Crippen molar-refractivity contribution in [2.24, 2.45) is 0 Å². The van der Waals surface area contributed by atoms with Crippen molar-refractivity contribution in [3.8, 4) is 11.1 Å². The summed E-state index contributed by atoms with van der Waals surface area (Å²) in [6.07, 6.45) is 6.23. The van der Waals surface area contributed by atoms with Gasteiger partial charge in [-0.3, -0.25) is 4.79 Å². The molecule has 0 aliphatic rings. The van der Waals surface area contributed by atoms with Crippen LogP contribution in [0.25, 0.3) is 17.2 Å². The minimum atomic E-state index is -0.813. The van der Waals surface area contributed by atoms with Crippen molar-refractivity contribution < 1.29 is 15.0 Å². The number of benzene rings is 3. The molecule has 0 radical (unpaired) electrons. The summed E-state index contributed by atoms with van der Waals surface area (Å²) in [6.45, 7) is 10.8. The minimum absolute atomic E-state index is 0.0426. The van der Waals surface area contributed by atoms with E-state index in [1.165, 1.54) is 27.8 Å². The van der Waals surface area contributed by atoms with E-state index in [1.54, 1.807) is 0 Å². The monoisotopic (exact) mass is 470 g/mol. The Morgan fingerprint density at radius 2 is 1.49 bits per heavy atom. The van der Waals surface area contributed by atoms with Crippen molar-refractivity contribution in [2.45, 2.75) is 71.8 Å². The van der Waals surface area contributed by atoms with E-state index in [0.717, 1.165) is 29.5 Å². The van der Waals surface area contributed by atoms with E-state index in [1.807, 2.05) is 43.3 Å². The standard InChI is InChI=1S/C32H38O3/c1-6-29(33)17-14-25-13-15-27(19-22(25)4)32(7-2,8-3)28-16-18-30(23(5)20-28)26-11-9-24(10-12-26)21-31(34)35/h9-20,29,33H,6-8,21H2,1-5H3,(H,34,35)/b17-14+. The summed E-state index contributed by atoms with van der Waals surface area (Å²) in [6, 6.07) is 21.3. The van der Waals surface area contributed by atoms with Gasteiger partial charge >= 0.3 is 5.97 Å². The molecule has 0 amide bonds. The lowest BCUT2D eigenvalue weighted by Crippen LogP contribution is -2.26. The van der Waals surface area contributed by atoms with E-state index in [9.17, 15) is 9.90 Å². The largest absolute Gasteiger partial charge is 0.481 e. The number of aryl methyl sites for hydroxylation is 2. The van der Waals surface area contributed by atoms with Crippen LogP contribution in [0.2, 0.25) is 0 Å². The van der Waals surface area contributed by atoms with Gasteiger partial charge in [-0.15, -0.1) is 0 Å². The molecule has 2 N–H and O–H groups in total. The Bertz CT molecular complexity index is 1180. The van der Waals surface area contributed by atoms with Gasteiger partial charge in [-0.2, -0.15) is 0 Å². The Kier molecular flexibility index (Phi) is 8.69. The fourth-order valence-electron chi connectivity index (χ4n) is 5.01. The molecule has 0 aliphatic carbocycles. The number of aliphatic carboxylic acids is 1. The van der Waals surface area contributed by atoms with Gasteiger partial charge in [0.2, 0.25) is 0 Å². The third kappa shape index (κ3) is 5.91. The summed E-state index contributed by atoms with van der Waals surface area (Å²) < 4.78 is 0. The van der Waals surface area contributed by atoms with E-state index in [0.29, 0.717) is 6.42 Å². The van der Waals surface area contributed by atoms with Crippen LogP contribution < -0.4 is 0 Å². The van der Waals surface area contributed by atoms with Crippen molar-refractivity contribution in [1.82, 2.24) is 0 Å². The summed E-state index contributed by atoms with van der Waals surface area (Å²) >= 11 is 0. The van der Waals surface area contributed by atoms with Gasteiger partial charge in [-0.1, -0.05) is 93.6 Å². The van der Waals surface area contributed by atoms with Gasteiger partial charge in [0.25, 0.3) is 0 Å². The van der Waals surface area contributed by atoms with Crippen LogP contribution in [0.15, 0.2) is 66.7 Å². The highest BCUT2D eigenvalue weighted by Crippen LogP contribution is 2.41. The van der Waals surface area contributed by atoms with Crippen molar-refractivity contribution in [3.05, 3.63) is 100 Å². The van der Waals surface area contributed by atoms with E-state index < -0.39 is 12.1 Å². The van der Waals surface area contributed by atoms with Gasteiger partial charge in [-0.25, -0.2) is 0 Å². The second-order valence-electron chi connectivity index (χ2n) is 9.49. The first-order valence-electron chi connectivity index (χ1n) is 12.6.